The second-order valence-electron chi connectivity index (χ2n) is 5.53. The summed E-state index contributed by atoms with van der Waals surface area (Å²) in [6, 6.07) is -0.159. The molecule has 1 heterocycles. The number of carbonyl (C=O) groups excluding carboxylic acids is 1. The van der Waals surface area contributed by atoms with Gasteiger partial charge in [0, 0.05) is 25.6 Å². The Hall–Kier alpha value is -0.840. The molecule has 0 aromatic carbocycles. The van der Waals surface area contributed by atoms with Crippen LogP contribution in [-0.4, -0.2) is 48.4 Å². The largest absolute Gasteiger partial charge is 0.444 e. The van der Waals surface area contributed by atoms with Crippen LogP contribution in [0.25, 0.3) is 0 Å². The van der Waals surface area contributed by atoms with E-state index in [1.54, 1.807) is 0 Å². The minimum atomic E-state index is -0.872. The number of carbonyl (C=O) groups is 1. The van der Waals surface area contributed by atoms with Crippen LogP contribution in [0.3, 0.4) is 0 Å². The van der Waals surface area contributed by atoms with Crippen LogP contribution in [0.4, 0.5) is 9.18 Å². The maximum absolute atomic E-state index is 13.4. The number of alkyl carbamates (subject to hydrolysis) is 1. The van der Waals surface area contributed by atoms with Crippen LogP contribution < -0.4 is 5.32 Å². The third-order valence-corrected chi connectivity index (χ3v) is 2.64. The molecule has 0 aliphatic carbocycles. The van der Waals surface area contributed by atoms with Crippen LogP contribution in [0, 0.1) is 0 Å². The highest BCUT2D eigenvalue weighted by molar-refractivity contribution is 5.68. The molecule has 1 N–H and O–H groups in total. The zero-order chi connectivity index (χ0) is 13.1. The summed E-state index contributed by atoms with van der Waals surface area (Å²) in [5.41, 5.74) is -0.516. The highest BCUT2D eigenvalue weighted by Crippen LogP contribution is 2.14. The Morgan fingerprint density at radius 3 is 2.65 bits per heavy atom. The molecule has 5 heteroatoms. The van der Waals surface area contributed by atoms with Crippen molar-refractivity contribution in [2.45, 2.75) is 51.9 Å². The minimum absolute atomic E-state index is 0.159. The molecule has 1 rings (SSSR count). The molecular weight excluding hydrogens is 223 g/mol. The number of nitrogens with zero attached hydrogens (tertiary/aromatic N) is 1. The highest BCUT2D eigenvalue weighted by atomic mass is 19.1. The zero-order valence-corrected chi connectivity index (χ0v) is 11.1. The summed E-state index contributed by atoms with van der Waals surface area (Å²) in [6.07, 6.45) is -0.966. The maximum Gasteiger partial charge on any atom is 0.407 e. The van der Waals surface area contributed by atoms with Gasteiger partial charge in [-0.3, -0.25) is 4.90 Å². The molecule has 17 heavy (non-hydrogen) atoms. The molecule has 1 fully saturated rings. The summed E-state index contributed by atoms with van der Waals surface area (Å²) >= 11 is 0. The third kappa shape index (κ3) is 5.35. The number of likely N-dealkylation sites (tertiary alicyclic amines) is 1. The van der Waals surface area contributed by atoms with Crippen molar-refractivity contribution in [3.63, 3.8) is 0 Å². The predicted octanol–water partition coefficient (Wildman–Crippen LogP) is 1.94. The van der Waals surface area contributed by atoms with Gasteiger partial charge in [-0.05, 0) is 27.3 Å². The molecule has 0 aromatic rings. The molecule has 0 aromatic heterocycles. The number of ether oxygens (including phenoxy) is 1. The highest BCUT2D eigenvalue weighted by Gasteiger charge is 2.28. The Morgan fingerprint density at radius 1 is 1.47 bits per heavy atom. The molecule has 0 radical (unpaired) electrons. The van der Waals surface area contributed by atoms with Crippen molar-refractivity contribution in [1.82, 2.24) is 10.2 Å². The fourth-order valence-electron chi connectivity index (χ4n) is 1.96. The predicted molar refractivity (Wildman–Crippen MR) is 64.8 cm³/mol. The Balaban J connectivity index is 2.42. The van der Waals surface area contributed by atoms with Gasteiger partial charge in [-0.15, -0.1) is 0 Å². The number of halogens is 1. The molecule has 4 nitrogen and oxygen atoms in total. The van der Waals surface area contributed by atoms with Crippen LogP contribution in [0.2, 0.25) is 0 Å². The van der Waals surface area contributed by atoms with Crippen molar-refractivity contribution < 1.29 is 13.9 Å². The zero-order valence-electron chi connectivity index (χ0n) is 11.1. The van der Waals surface area contributed by atoms with E-state index in [4.69, 9.17) is 4.74 Å². The molecule has 0 unspecified atom stereocenters. The SMILES string of the molecule is CCN1C[C@H](F)C[C@@H](NC(=O)OC(C)(C)C)C1. The van der Waals surface area contributed by atoms with E-state index in [-0.39, 0.29) is 6.04 Å². The van der Waals surface area contributed by atoms with Gasteiger partial charge in [0.1, 0.15) is 11.8 Å². The van der Waals surface area contributed by atoms with E-state index in [1.807, 2.05) is 32.6 Å². The summed E-state index contributed by atoms with van der Waals surface area (Å²) < 4.78 is 18.6. The van der Waals surface area contributed by atoms with Crippen LogP contribution in [-0.2, 0) is 4.74 Å². The molecule has 1 aliphatic heterocycles. The fraction of sp³-hybridized carbons (Fsp3) is 0.917. The normalized spacial score (nSPS) is 26.6. The molecule has 0 spiro atoms. The molecule has 0 bridgehead atoms. The van der Waals surface area contributed by atoms with Crippen molar-refractivity contribution in [3.8, 4) is 0 Å². The summed E-state index contributed by atoms with van der Waals surface area (Å²) in [7, 11) is 0. The lowest BCUT2D eigenvalue weighted by molar-refractivity contribution is 0.0435. The number of likely N-dealkylation sites (N-methyl/N-ethyl adjacent to an activating group) is 1. The van der Waals surface area contributed by atoms with Gasteiger partial charge < -0.3 is 10.1 Å². The van der Waals surface area contributed by atoms with Crippen LogP contribution in [0.15, 0.2) is 0 Å². The maximum atomic E-state index is 13.4. The average molecular weight is 246 g/mol. The lowest BCUT2D eigenvalue weighted by Gasteiger charge is -2.34. The number of rotatable bonds is 2. The van der Waals surface area contributed by atoms with Crippen molar-refractivity contribution in [2.24, 2.45) is 0 Å². The third-order valence-electron chi connectivity index (χ3n) is 2.64. The first-order valence-corrected chi connectivity index (χ1v) is 6.16. The van der Waals surface area contributed by atoms with E-state index in [0.717, 1.165) is 6.54 Å². The minimum Gasteiger partial charge on any atom is -0.444 e. The van der Waals surface area contributed by atoms with Gasteiger partial charge in [0.05, 0.1) is 0 Å². The summed E-state index contributed by atoms with van der Waals surface area (Å²) in [5, 5.41) is 2.73. The average Bonchev–Trinajstić information content (AvgIpc) is 2.13. The Labute approximate surface area is 102 Å². The molecule has 0 saturated carbocycles. The Kier molecular flexibility index (Phi) is 4.74. The molecule has 1 saturated heterocycles. The molecule has 1 aliphatic rings. The molecule has 2 atom stereocenters. The quantitative estimate of drug-likeness (QED) is 0.809. The summed E-state index contributed by atoms with van der Waals surface area (Å²) in [5.74, 6) is 0. The topological polar surface area (TPSA) is 41.6 Å². The molecule has 1 amide bonds. The number of hydrogen-bond acceptors (Lipinski definition) is 3. The summed E-state index contributed by atoms with van der Waals surface area (Å²) in [6.45, 7) is 9.37. The molecule has 100 valence electrons. The van der Waals surface area contributed by atoms with E-state index >= 15 is 0 Å². The standard InChI is InChI=1S/C12H23FN2O2/c1-5-15-7-9(13)6-10(8-15)14-11(16)17-12(2,3)4/h9-10H,5-8H2,1-4H3,(H,14,16)/t9-,10-/m1/s1. The van der Waals surface area contributed by atoms with Gasteiger partial charge in [-0.25, -0.2) is 9.18 Å². The van der Waals surface area contributed by atoms with Crippen molar-refractivity contribution in [2.75, 3.05) is 19.6 Å². The van der Waals surface area contributed by atoms with Crippen molar-refractivity contribution >= 4 is 6.09 Å². The van der Waals surface area contributed by atoms with E-state index in [9.17, 15) is 9.18 Å². The fourth-order valence-corrected chi connectivity index (χ4v) is 1.96. The first-order valence-electron chi connectivity index (χ1n) is 6.16. The van der Waals surface area contributed by atoms with Crippen LogP contribution in [0.1, 0.15) is 34.1 Å². The smallest absolute Gasteiger partial charge is 0.407 e. The van der Waals surface area contributed by atoms with E-state index in [1.165, 1.54) is 0 Å². The second kappa shape index (κ2) is 5.67. The van der Waals surface area contributed by atoms with Gasteiger partial charge in [-0.2, -0.15) is 0 Å². The summed E-state index contributed by atoms with van der Waals surface area (Å²) in [4.78, 5) is 13.6. The van der Waals surface area contributed by atoms with Gasteiger partial charge >= 0.3 is 6.09 Å². The van der Waals surface area contributed by atoms with Gasteiger partial charge in [0.2, 0.25) is 0 Å². The van der Waals surface area contributed by atoms with E-state index in [0.29, 0.717) is 19.5 Å². The molecular formula is C12H23FN2O2. The number of hydrogen-bond donors (Lipinski definition) is 1. The van der Waals surface area contributed by atoms with Gasteiger partial charge in [0.15, 0.2) is 0 Å². The monoisotopic (exact) mass is 246 g/mol. The number of alkyl halides is 1. The van der Waals surface area contributed by atoms with Crippen molar-refractivity contribution in [1.29, 1.82) is 0 Å². The van der Waals surface area contributed by atoms with Crippen LogP contribution >= 0.6 is 0 Å². The van der Waals surface area contributed by atoms with Gasteiger partial charge in [-0.1, -0.05) is 6.92 Å². The van der Waals surface area contributed by atoms with Crippen molar-refractivity contribution in [3.05, 3.63) is 0 Å². The van der Waals surface area contributed by atoms with E-state index in [2.05, 4.69) is 5.32 Å². The second-order valence-corrected chi connectivity index (χ2v) is 5.53. The lowest BCUT2D eigenvalue weighted by atomic mass is 10.0. The van der Waals surface area contributed by atoms with Crippen LogP contribution in [0.5, 0.6) is 0 Å². The number of piperidine rings is 1. The lowest BCUT2D eigenvalue weighted by Crippen LogP contribution is -2.52. The first kappa shape index (κ1) is 14.2. The Bertz CT molecular complexity index is 266. The first-order chi connectivity index (χ1) is 7.80. The number of amides is 1. The Morgan fingerprint density at radius 2 is 2.12 bits per heavy atom. The number of nitrogens with one attached hydrogen (secondary N) is 1. The van der Waals surface area contributed by atoms with E-state index < -0.39 is 17.9 Å². The van der Waals surface area contributed by atoms with Gasteiger partial charge in [0.25, 0.3) is 0 Å².